The number of imidazole rings is 1. The Morgan fingerprint density at radius 3 is 2.86 bits per heavy atom. The maximum atomic E-state index is 12.4. The van der Waals surface area contributed by atoms with E-state index >= 15 is 0 Å². The van der Waals surface area contributed by atoms with Crippen molar-refractivity contribution in [1.29, 1.82) is 0 Å². The Hall–Kier alpha value is -3.82. The topological polar surface area (TPSA) is 113 Å². The highest BCUT2D eigenvalue weighted by Crippen LogP contribution is 2.09. The predicted octanol–water partition coefficient (Wildman–Crippen LogP) is 0.726. The van der Waals surface area contributed by atoms with Crippen molar-refractivity contribution in [3.63, 3.8) is 0 Å². The van der Waals surface area contributed by atoms with Crippen LogP contribution in [0.3, 0.4) is 0 Å². The van der Waals surface area contributed by atoms with Gasteiger partial charge in [0, 0.05) is 45.1 Å². The minimum absolute atomic E-state index is 0.152. The molecule has 0 spiro atoms. The third-order valence-electron chi connectivity index (χ3n) is 4.67. The summed E-state index contributed by atoms with van der Waals surface area (Å²) in [6.07, 6.45) is 8.36. The lowest BCUT2D eigenvalue weighted by Gasteiger charge is -2.09. The van der Waals surface area contributed by atoms with E-state index < -0.39 is 0 Å². The molecule has 0 aromatic carbocycles. The lowest BCUT2D eigenvalue weighted by molar-refractivity contribution is -0.121. The molecular weight excluding hydrogens is 372 g/mol. The van der Waals surface area contributed by atoms with Gasteiger partial charge in [0.1, 0.15) is 17.0 Å². The van der Waals surface area contributed by atoms with Crippen LogP contribution in [0, 0.1) is 6.92 Å². The van der Waals surface area contributed by atoms with E-state index in [-0.39, 0.29) is 24.4 Å². The SMILES string of the molecule is Cc1nccn1-c1cc(CNC(=O)CCn2cnc3c(cnn3C)c2=O)ccn1. The molecule has 0 aliphatic heterocycles. The number of aromatic nitrogens is 7. The number of nitrogens with zero attached hydrogens (tertiary/aromatic N) is 7. The average molecular weight is 392 g/mol. The molecule has 0 aliphatic carbocycles. The maximum absolute atomic E-state index is 12.4. The van der Waals surface area contributed by atoms with E-state index in [1.165, 1.54) is 17.1 Å². The third-order valence-corrected chi connectivity index (χ3v) is 4.67. The molecular formula is C19H20N8O2. The van der Waals surface area contributed by atoms with E-state index in [0.717, 1.165) is 17.2 Å². The number of nitrogens with one attached hydrogen (secondary N) is 1. The van der Waals surface area contributed by atoms with E-state index in [1.807, 2.05) is 29.8 Å². The van der Waals surface area contributed by atoms with Crippen LogP contribution in [0.4, 0.5) is 0 Å². The number of fused-ring (bicyclic) bond motifs is 1. The molecule has 0 aliphatic rings. The molecule has 0 atom stereocenters. The standard InChI is InChI=1S/C19H20N8O2/c1-13-20-6-8-27(13)16-9-14(3-5-21-16)10-22-17(28)4-7-26-12-23-18-15(19(26)29)11-24-25(18)2/h3,5-6,8-9,11-12H,4,7,10H2,1-2H3,(H,22,28). The normalized spacial score (nSPS) is 11.1. The summed E-state index contributed by atoms with van der Waals surface area (Å²) in [6, 6.07) is 3.75. The molecule has 0 saturated carbocycles. The Labute approximate surface area is 165 Å². The number of hydrogen-bond donors (Lipinski definition) is 1. The fraction of sp³-hybridized carbons (Fsp3) is 0.263. The number of carbonyl (C=O) groups excluding carboxylic acids is 1. The Kier molecular flexibility index (Phi) is 4.90. The van der Waals surface area contributed by atoms with Gasteiger partial charge in [0.2, 0.25) is 5.91 Å². The minimum Gasteiger partial charge on any atom is -0.352 e. The zero-order valence-electron chi connectivity index (χ0n) is 16.1. The van der Waals surface area contributed by atoms with Gasteiger partial charge in [0.05, 0.1) is 12.5 Å². The van der Waals surface area contributed by atoms with Crippen LogP contribution < -0.4 is 10.9 Å². The van der Waals surface area contributed by atoms with Gasteiger partial charge in [-0.25, -0.2) is 15.0 Å². The number of hydrogen-bond acceptors (Lipinski definition) is 6. The highest BCUT2D eigenvalue weighted by molar-refractivity contribution is 5.76. The molecule has 10 nitrogen and oxygen atoms in total. The first-order chi connectivity index (χ1) is 14.0. The molecule has 1 N–H and O–H groups in total. The quantitative estimate of drug-likeness (QED) is 0.518. The van der Waals surface area contributed by atoms with Gasteiger partial charge >= 0.3 is 0 Å². The number of rotatable bonds is 6. The summed E-state index contributed by atoms with van der Waals surface area (Å²) in [6.45, 7) is 2.52. The van der Waals surface area contributed by atoms with Crippen LogP contribution in [0.5, 0.6) is 0 Å². The van der Waals surface area contributed by atoms with E-state index in [2.05, 4.69) is 25.4 Å². The van der Waals surface area contributed by atoms with Crippen LogP contribution in [0.2, 0.25) is 0 Å². The number of aryl methyl sites for hydroxylation is 3. The van der Waals surface area contributed by atoms with Gasteiger partial charge in [-0.15, -0.1) is 0 Å². The van der Waals surface area contributed by atoms with Crippen LogP contribution in [0.15, 0.2) is 48.0 Å². The first-order valence-corrected chi connectivity index (χ1v) is 9.12. The van der Waals surface area contributed by atoms with Crippen molar-refractivity contribution in [2.24, 2.45) is 7.05 Å². The lowest BCUT2D eigenvalue weighted by Crippen LogP contribution is -2.27. The van der Waals surface area contributed by atoms with Gasteiger partial charge in [-0.05, 0) is 24.6 Å². The molecule has 10 heteroatoms. The Bertz CT molecular complexity index is 1240. The van der Waals surface area contributed by atoms with Gasteiger partial charge in [-0.3, -0.25) is 23.4 Å². The van der Waals surface area contributed by atoms with Gasteiger partial charge in [0.15, 0.2) is 5.65 Å². The summed E-state index contributed by atoms with van der Waals surface area (Å²) < 4.78 is 4.84. The monoisotopic (exact) mass is 392 g/mol. The molecule has 148 valence electrons. The molecule has 4 aromatic heterocycles. The van der Waals surface area contributed by atoms with E-state index in [0.29, 0.717) is 17.6 Å². The van der Waals surface area contributed by atoms with Gasteiger partial charge in [-0.2, -0.15) is 5.10 Å². The second-order valence-electron chi connectivity index (χ2n) is 6.64. The predicted molar refractivity (Wildman–Crippen MR) is 105 cm³/mol. The summed E-state index contributed by atoms with van der Waals surface area (Å²) in [4.78, 5) is 37.4. The average Bonchev–Trinajstić information content (AvgIpc) is 3.32. The van der Waals surface area contributed by atoms with Crippen LogP contribution in [-0.2, 0) is 24.9 Å². The summed E-state index contributed by atoms with van der Waals surface area (Å²) in [7, 11) is 1.73. The second-order valence-corrected chi connectivity index (χ2v) is 6.64. The molecule has 0 fully saturated rings. The number of amides is 1. The van der Waals surface area contributed by atoms with Gasteiger partial charge in [0.25, 0.3) is 5.56 Å². The number of carbonyl (C=O) groups is 1. The van der Waals surface area contributed by atoms with Crippen LogP contribution in [0.25, 0.3) is 16.9 Å². The molecule has 1 amide bonds. The van der Waals surface area contributed by atoms with Gasteiger partial charge < -0.3 is 5.32 Å². The fourth-order valence-corrected chi connectivity index (χ4v) is 3.06. The number of pyridine rings is 1. The first-order valence-electron chi connectivity index (χ1n) is 9.12. The molecule has 4 rings (SSSR count). The smallest absolute Gasteiger partial charge is 0.264 e. The maximum Gasteiger partial charge on any atom is 0.264 e. The fourth-order valence-electron chi connectivity index (χ4n) is 3.06. The second kappa shape index (κ2) is 7.66. The highest BCUT2D eigenvalue weighted by atomic mass is 16.1. The first kappa shape index (κ1) is 18.5. The summed E-state index contributed by atoms with van der Waals surface area (Å²) >= 11 is 0. The molecule has 4 aromatic rings. The Balaban J connectivity index is 1.37. The summed E-state index contributed by atoms with van der Waals surface area (Å²) in [5, 5.41) is 7.35. The molecule has 0 unspecified atom stereocenters. The zero-order chi connectivity index (χ0) is 20.4. The molecule has 0 bridgehead atoms. The van der Waals surface area contributed by atoms with Crippen molar-refractivity contribution < 1.29 is 4.79 Å². The van der Waals surface area contributed by atoms with Crippen molar-refractivity contribution in [2.75, 3.05) is 0 Å². The van der Waals surface area contributed by atoms with Crippen molar-refractivity contribution in [3.05, 3.63) is 65.0 Å². The minimum atomic E-state index is -0.203. The molecule has 4 heterocycles. The Morgan fingerprint density at radius 1 is 1.21 bits per heavy atom. The van der Waals surface area contributed by atoms with Gasteiger partial charge in [-0.1, -0.05) is 0 Å². The highest BCUT2D eigenvalue weighted by Gasteiger charge is 2.10. The third kappa shape index (κ3) is 3.77. The van der Waals surface area contributed by atoms with E-state index in [9.17, 15) is 9.59 Å². The van der Waals surface area contributed by atoms with E-state index in [4.69, 9.17) is 0 Å². The van der Waals surface area contributed by atoms with Crippen LogP contribution in [0.1, 0.15) is 17.8 Å². The van der Waals surface area contributed by atoms with Crippen molar-refractivity contribution >= 4 is 16.9 Å². The van der Waals surface area contributed by atoms with E-state index in [1.54, 1.807) is 24.1 Å². The Morgan fingerprint density at radius 2 is 2.07 bits per heavy atom. The van der Waals surface area contributed by atoms with Crippen molar-refractivity contribution in [3.8, 4) is 5.82 Å². The van der Waals surface area contributed by atoms with Crippen LogP contribution >= 0.6 is 0 Å². The van der Waals surface area contributed by atoms with Crippen molar-refractivity contribution in [2.45, 2.75) is 26.4 Å². The summed E-state index contributed by atoms with van der Waals surface area (Å²) in [5.74, 6) is 1.43. The molecule has 0 radical (unpaired) electrons. The molecule has 0 saturated heterocycles. The van der Waals surface area contributed by atoms with Crippen LogP contribution in [-0.4, -0.2) is 39.8 Å². The largest absolute Gasteiger partial charge is 0.352 e. The lowest BCUT2D eigenvalue weighted by atomic mass is 10.2. The molecule has 29 heavy (non-hydrogen) atoms. The zero-order valence-corrected chi connectivity index (χ0v) is 16.1. The van der Waals surface area contributed by atoms with Crippen molar-refractivity contribution in [1.82, 2.24) is 39.2 Å². The summed E-state index contributed by atoms with van der Waals surface area (Å²) in [5.41, 5.74) is 1.25.